The molecule has 0 bridgehead atoms. The summed E-state index contributed by atoms with van der Waals surface area (Å²) in [5, 5.41) is 0. The number of rotatable bonds is 3. The van der Waals surface area contributed by atoms with Crippen LogP contribution in [-0.4, -0.2) is 0 Å². The summed E-state index contributed by atoms with van der Waals surface area (Å²) < 4.78 is 32.1. The van der Waals surface area contributed by atoms with Crippen molar-refractivity contribution in [1.82, 2.24) is 0 Å². The molecule has 0 saturated heterocycles. The summed E-state index contributed by atoms with van der Waals surface area (Å²) in [6, 6.07) is 8.83. The summed E-state index contributed by atoms with van der Waals surface area (Å²) >= 11 is 3.13. The second kappa shape index (κ2) is 5.35. The number of anilines is 1. The van der Waals surface area contributed by atoms with E-state index in [4.69, 9.17) is 10.5 Å². The van der Waals surface area contributed by atoms with Crippen LogP contribution < -0.4 is 10.5 Å². The lowest BCUT2D eigenvalue weighted by molar-refractivity contribution is 0.303. The van der Waals surface area contributed by atoms with Gasteiger partial charge in [-0.2, -0.15) is 0 Å². The van der Waals surface area contributed by atoms with Crippen LogP contribution in [0, 0.1) is 11.6 Å². The van der Waals surface area contributed by atoms with Crippen LogP contribution in [0.25, 0.3) is 0 Å². The van der Waals surface area contributed by atoms with Crippen molar-refractivity contribution in [3.63, 3.8) is 0 Å². The smallest absolute Gasteiger partial charge is 0.149 e. The lowest BCUT2D eigenvalue weighted by Crippen LogP contribution is -1.99. The monoisotopic (exact) mass is 313 g/mol. The molecule has 0 aliphatic heterocycles. The highest BCUT2D eigenvalue weighted by molar-refractivity contribution is 9.10. The molecule has 0 heterocycles. The number of nitrogens with two attached hydrogens (primary N) is 1. The maximum absolute atomic E-state index is 13.2. The lowest BCUT2D eigenvalue weighted by atomic mass is 10.2. The first-order valence-electron chi connectivity index (χ1n) is 5.18. The number of hydrogen-bond donors (Lipinski definition) is 1. The first-order valence-corrected chi connectivity index (χ1v) is 5.98. The van der Waals surface area contributed by atoms with Gasteiger partial charge in [0.15, 0.2) is 0 Å². The fourth-order valence-corrected chi connectivity index (χ4v) is 1.80. The summed E-state index contributed by atoms with van der Waals surface area (Å²) in [6.45, 7) is 0.141. The molecule has 2 nitrogen and oxygen atoms in total. The molecule has 18 heavy (non-hydrogen) atoms. The first-order chi connectivity index (χ1) is 8.58. The average Bonchev–Trinajstić information content (AvgIpc) is 2.35. The summed E-state index contributed by atoms with van der Waals surface area (Å²) in [4.78, 5) is 0. The van der Waals surface area contributed by atoms with Crippen LogP contribution in [0.5, 0.6) is 5.75 Å². The standard InChI is InChI=1S/C13H10BrF2NO/c14-13-8(2-1-3-10(13)15)7-18-9-4-5-12(17)11(16)6-9/h1-6H,7,17H2. The van der Waals surface area contributed by atoms with Crippen molar-refractivity contribution in [2.75, 3.05) is 5.73 Å². The lowest BCUT2D eigenvalue weighted by Gasteiger charge is -2.09. The molecule has 0 aromatic heterocycles. The molecule has 0 aliphatic carbocycles. The summed E-state index contributed by atoms with van der Waals surface area (Å²) in [5.41, 5.74) is 6.06. The van der Waals surface area contributed by atoms with E-state index in [0.717, 1.165) is 0 Å². The molecule has 0 spiro atoms. The second-order valence-electron chi connectivity index (χ2n) is 3.68. The van der Waals surface area contributed by atoms with Gasteiger partial charge in [0.05, 0.1) is 10.2 Å². The highest BCUT2D eigenvalue weighted by atomic mass is 79.9. The molecule has 2 aromatic carbocycles. The van der Waals surface area contributed by atoms with Crippen molar-refractivity contribution in [2.45, 2.75) is 6.61 Å². The zero-order valence-corrected chi connectivity index (χ0v) is 10.9. The molecule has 0 atom stereocenters. The topological polar surface area (TPSA) is 35.2 Å². The first kappa shape index (κ1) is 12.8. The predicted octanol–water partition coefficient (Wildman–Crippen LogP) is 3.89. The number of nitrogen functional groups attached to an aromatic ring is 1. The zero-order valence-electron chi connectivity index (χ0n) is 9.29. The predicted molar refractivity (Wildman–Crippen MR) is 69.2 cm³/mol. The van der Waals surface area contributed by atoms with Crippen LogP contribution in [-0.2, 0) is 6.61 Å². The highest BCUT2D eigenvalue weighted by Gasteiger charge is 2.06. The van der Waals surface area contributed by atoms with Gasteiger partial charge in [-0.3, -0.25) is 0 Å². The third kappa shape index (κ3) is 2.79. The van der Waals surface area contributed by atoms with Gasteiger partial charge in [-0.15, -0.1) is 0 Å². The molecule has 0 aliphatic rings. The molecule has 5 heteroatoms. The molecule has 2 N–H and O–H groups in total. The van der Waals surface area contributed by atoms with E-state index < -0.39 is 5.82 Å². The van der Waals surface area contributed by atoms with Crippen molar-refractivity contribution < 1.29 is 13.5 Å². The Kier molecular flexibility index (Phi) is 3.81. The van der Waals surface area contributed by atoms with E-state index in [9.17, 15) is 8.78 Å². The van der Waals surface area contributed by atoms with Gasteiger partial charge in [0, 0.05) is 11.6 Å². The minimum Gasteiger partial charge on any atom is -0.489 e. The SMILES string of the molecule is Nc1ccc(OCc2cccc(F)c2Br)cc1F. The normalized spacial score (nSPS) is 10.4. The Morgan fingerprint density at radius 1 is 1.11 bits per heavy atom. The number of halogens is 3. The van der Waals surface area contributed by atoms with E-state index in [1.165, 1.54) is 18.2 Å². The van der Waals surface area contributed by atoms with Gasteiger partial charge in [-0.05, 0) is 34.1 Å². The molecular weight excluding hydrogens is 304 g/mol. The van der Waals surface area contributed by atoms with Crippen molar-refractivity contribution in [3.05, 3.63) is 58.1 Å². The Morgan fingerprint density at radius 2 is 1.89 bits per heavy atom. The molecule has 0 radical (unpaired) electrons. The van der Waals surface area contributed by atoms with Crippen LogP contribution in [0.15, 0.2) is 40.9 Å². The number of hydrogen-bond acceptors (Lipinski definition) is 2. The van der Waals surface area contributed by atoms with Crippen LogP contribution in [0.4, 0.5) is 14.5 Å². The van der Waals surface area contributed by atoms with Crippen LogP contribution in [0.1, 0.15) is 5.56 Å². The van der Waals surface area contributed by atoms with Gasteiger partial charge in [0.25, 0.3) is 0 Å². The van der Waals surface area contributed by atoms with E-state index in [1.807, 2.05) is 0 Å². The molecule has 0 amide bonds. The second-order valence-corrected chi connectivity index (χ2v) is 4.48. The van der Waals surface area contributed by atoms with Gasteiger partial charge < -0.3 is 10.5 Å². The largest absolute Gasteiger partial charge is 0.489 e. The number of benzene rings is 2. The summed E-state index contributed by atoms with van der Waals surface area (Å²) in [7, 11) is 0. The average molecular weight is 314 g/mol. The molecule has 0 fully saturated rings. The molecule has 94 valence electrons. The van der Waals surface area contributed by atoms with Gasteiger partial charge in [-0.1, -0.05) is 12.1 Å². The Morgan fingerprint density at radius 3 is 2.61 bits per heavy atom. The van der Waals surface area contributed by atoms with Crippen molar-refractivity contribution in [3.8, 4) is 5.75 Å². The maximum atomic E-state index is 13.2. The third-order valence-corrected chi connectivity index (χ3v) is 3.29. The molecule has 0 saturated carbocycles. The van der Waals surface area contributed by atoms with E-state index in [1.54, 1.807) is 18.2 Å². The third-order valence-electron chi connectivity index (χ3n) is 2.40. The Hall–Kier alpha value is -1.62. The van der Waals surface area contributed by atoms with Gasteiger partial charge >= 0.3 is 0 Å². The quantitative estimate of drug-likeness (QED) is 0.873. The minimum atomic E-state index is -0.536. The maximum Gasteiger partial charge on any atom is 0.149 e. The minimum absolute atomic E-state index is 0.0642. The fraction of sp³-hybridized carbons (Fsp3) is 0.0769. The van der Waals surface area contributed by atoms with Crippen molar-refractivity contribution >= 4 is 21.6 Å². The Bertz CT molecular complexity index is 575. The molecule has 0 unspecified atom stereocenters. The Balaban J connectivity index is 2.11. The highest BCUT2D eigenvalue weighted by Crippen LogP contribution is 2.23. The summed E-state index contributed by atoms with van der Waals surface area (Å²) in [5.74, 6) is -0.553. The molecular formula is C13H10BrF2NO. The Labute approximate surface area is 112 Å². The molecule has 2 aromatic rings. The van der Waals surface area contributed by atoms with Gasteiger partial charge in [-0.25, -0.2) is 8.78 Å². The van der Waals surface area contributed by atoms with Crippen LogP contribution in [0.2, 0.25) is 0 Å². The van der Waals surface area contributed by atoms with Crippen molar-refractivity contribution in [2.24, 2.45) is 0 Å². The van der Waals surface area contributed by atoms with E-state index in [-0.39, 0.29) is 18.1 Å². The molecule has 2 rings (SSSR count). The van der Waals surface area contributed by atoms with E-state index in [0.29, 0.717) is 15.8 Å². The van der Waals surface area contributed by atoms with Crippen LogP contribution >= 0.6 is 15.9 Å². The van der Waals surface area contributed by atoms with Gasteiger partial charge in [0.2, 0.25) is 0 Å². The van der Waals surface area contributed by atoms with E-state index >= 15 is 0 Å². The fourth-order valence-electron chi connectivity index (χ4n) is 1.42. The zero-order chi connectivity index (χ0) is 13.1. The van der Waals surface area contributed by atoms with E-state index in [2.05, 4.69) is 15.9 Å². The summed E-state index contributed by atoms with van der Waals surface area (Å²) in [6.07, 6.45) is 0. The number of ether oxygens (including phenoxy) is 1. The van der Waals surface area contributed by atoms with Crippen LogP contribution in [0.3, 0.4) is 0 Å². The van der Waals surface area contributed by atoms with Gasteiger partial charge in [0.1, 0.15) is 24.0 Å². The van der Waals surface area contributed by atoms with Crippen molar-refractivity contribution in [1.29, 1.82) is 0 Å².